The Hall–Kier alpha value is -0.340. The summed E-state index contributed by atoms with van der Waals surface area (Å²) in [4.78, 5) is 0. The summed E-state index contributed by atoms with van der Waals surface area (Å²) in [6.07, 6.45) is 1.72. The second-order valence-electron chi connectivity index (χ2n) is 4.08. The standard InChI is InChI=1S/C9H6Cl3N3O2S2/c10-6-3-5(7(11)18-6)8-13-14-9(19(12,16)17)15(8)4-1-2-4/h3-4H,1-2H2. The van der Waals surface area contributed by atoms with Crippen LogP contribution in [0.25, 0.3) is 11.4 Å². The first-order valence-corrected chi connectivity index (χ1v) is 9.11. The van der Waals surface area contributed by atoms with Crippen molar-refractivity contribution in [3.63, 3.8) is 0 Å². The van der Waals surface area contributed by atoms with Crippen molar-refractivity contribution in [2.24, 2.45) is 0 Å². The number of halogens is 3. The van der Waals surface area contributed by atoms with Crippen LogP contribution in [0.15, 0.2) is 11.2 Å². The highest BCUT2D eigenvalue weighted by Crippen LogP contribution is 2.44. The molecule has 0 aromatic carbocycles. The zero-order valence-electron chi connectivity index (χ0n) is 9.18. The van der Waals surface area contributed by atoms with Gasteiger partial charge in [-0.15, -0.1) is 21.5 Å². The molecular weight excluding hydrogens is 353 g/mol. The highest BCUT2D eigenvalue weighted by atomic mass is 35.7. The van der Waals surface area contributed by atoms with E-state index in [1.165, 1.54) is 15.9 Å². The molecule has 0 atom stereocenters. The van der Waals surface area contributed by atoms with Gasteiger partial charge in [0.15, 0.2) is 5.82 Å². The van der Waals surface area contributed by atoms with Crippen molar-refractivity contribution >= 4 is 54.3 Å². The zero-order valence-corrected chi connectivity index (χ0v) is 13.1. The van der Waals surface area contributed by atoms with E-state index in [4.69, 9.17) is 33.9 Å². The van der Waals surface area contributed by atoms with E-state index < -0.39 is 9.05 Å². The van der Waals surface area contributed by atoms with Crippen molar-refractivity contribution in [2.75, 3.05) is 0 Å². The van der Waals surface area contributed by atoms with Crippen LogP contribution in [0.3, 0.4) is 0 Å². The number of hydrogen-bond acceptors (Lipinski definition) is 5. The Morgan fingerprint density at radius 2 is 2.00 bits per heavy atom. The van der Waals surface area contributed by atoms with Gasteiger partial charge in [-0.1, -0.05) is 23.2 Å². The average molecular weight is 359 g/mol. The summed E-state index contributed by atoms with van der Waals surface area (Å²) in [5, 5.41) is 7.33. The predicted molar refractivity (Wildman–Crippen MR) is 74.7 cm³/mol. The molecule has 0 amide bonds. The number of hydrogen-bond donors (Lipinski definition) is 0. The average Bonchev–Trinajstić information content (AvgIpc) is 2.93. The quantitative estimate of drug-likeness (QED) is 0.787. The molecule has 1 aliphatic carbocycles. The third-order valence-electron chi connectivity index (χ3n) is 2.69. The Labute approximate surface area is 127 Å². The molecule has 102 valence electrons. The summed E-state index contributed by atoms with van der Waals surface area (Å²) in [6.45, 7) is 0. The zero-order chi connectivity index (χ0) is 13.8. The summed E-state index contributed by atoms with van der Waals surface area (Å²) in [6, 6.07) is 1.69. The molecule has 5 nitrogen and oxygen atoms in total. The third kappa shape index (κ3) is 2.50. The SMILES string of the molecule is O=S(=O)(Cl)c1nnc(-c2cc(Cl)sc2Cl)n1C1CC1. The van der Waals surface area contributed by atoms with Crippen LogP contribution < -0.4 is 0 Å². The molecule has 2 heterocycles. The smallest absolute Gasteiger partial charge is 0.294 e. The van der Waals surface area contributed by atoms with Gasteiger partial charge in [0.2, 0.25) is 0 Å². The van der Waals surface area contributed by atoms with E-state index in [1.807, 2.05) is 0 Å². The molecule has 10 heteroatoms. The second kappa shape index (κ2) is 4.60. The van der Waals surface area contributed by atoms with E-state index in [-0.39, 0.29) is 11.2 Å². The maximum absolute atomic E-state index is 11.5. The molecule has 1 aliphatic rings. The molecule has 2 aromatic rings. The fourth-order valence-electron chi connectivity index (χ4n) is 1.78. The lowest BCUT2D eigenvalue weighted by Gasteiger charge is -2.06. The predicted octanol–water partition coefficient (Wildman–Crippen LogP) is 3.58. The molecular formula is C9H6Cl3N3O2S2. The maximum atomic E-state index is 11.5. The third-order valence-corrected chi connectivity index (χ3v) is 5.31. The second-order valence-corrected chi connectivity index (χ2v) is 8.83. The maximum Gasteiger partial charge on any atom is 0.296 e. The van der Waals surface area contributed by atoms with E-state index in [1.54, 1.807) is 6.07 Å². The van der Waals surface area contributed by atoms with E-state index in [2.05, 4.69) is 10.2 Å². The van der Waals surface area contributed by atoms with Crippen molar-refractivity contribution < 1.29 is 8.42 Å². The molecule has 2 aromatic heterocycles. The van der Waals surface area contributed by atoms with Gasteiger partial charge in [0, 0.05) is 16.7 Å². The molecule has 0 saturated heterocycles. The van der Waals surface area contributed by atoms with Gasteiger partial charge < -0.3 is 0 Å². The van der Waals surface area contributed by atoms with Crippen LogP contribution in [-0.4, -0.2) is 23.2 Å². The summed E-state index contributed by atoms with van der Waals surface area (Å²) in [5.41, 5.74) is 0.572. The monoisotopic (exact) mass is 357 g/mol. The molecule has 3 rings (SSSR count). The Kier molecular flexibility index (Phi) is 3.30. The van der Waals surface area contributed by atoms with Crippen molar-refractivity contribution in [3.8, 4) is 11.4 Å². The van der Waals surface area contributed by atoms with Crippen molar-refractivity contribution in [1.82, 2.24) is 14.8 Å². The van der Waals surface area contributed by atoms with Gasteiger partial charge in [-0.25, -0.2) is 8.42 Å². The van der Waals surface area contributed by atoms with Crippen LogP contribution in [0, 0.1) is 0 Å². The van der Waals surface area contributed by atoms with Crippen LogP contribution in [0.1, 0.15) is 18.9 Å². The van der Waals surface area contributed by atoms with E-state index in [0.29, 0.717) is 20.1 Å². The molecule has 1 fully saturated rings. The highest BCUT2D eigenvalue weighted by Gasteiger charge is 2.34. The van der Waals surface area contributed by atoms with Gasteiger partial charge in [-0.05, 0) is 18.9 Å². The lowest BCUT2D eigenvalue weighted by Crippen LogP contribution is -2.06. The lowest BCUT2D eigenvalue weighted by molar-refractivity contribution is 0.579. The van der Waals surface area contributed by atoms with Crippen LogP contribution >= 0.6 is 45.2 Å². The summed E-state index contributed by atoms with van der Waals surface area (Å²) in [7, 11) is 1.43. The van der Waals surface area contributed by atoms with E-state index >= 15 is 0 Å². The first-order chi connectivity index (χ1) is 8.88. The first kappa shape index (κ1) is 13.6. The first-order valence-electron chi connectivity index (χ1n) is 5.22. The Balaban J connectivity index is 2.23. The fraction of sp³-hybridized carbons (Fsp3) is 0.333. The van der Waals surface area contributed by atoms with Crippen molar-refractivity contribution in [1.29, 1.82) is 0 Å². The minimum Gasteiger partial charge on any atom is -0.294 e. The molecule has 0 radical (unpaired) electrons. The highest BCUT2D eigenvalue weighted by molar-refractivity contribution is 8.13. The molecule has 0 N–H and O–H groups in total. The number of rotatable bonds is 3. The molecule has 0 bridgehead atoms. The fourth-order valence-corrected chi connectivity index (χ4v) is 4.16. The summed E-state index contributed by atoms with van der Waals surface area (Å²) < 4.78 is 25.5. The van der Waals surface area contributed by atoms with Gasteiger partial charge in [0.1, 0.15) is 4.34 Å². The molecule has 19 heavy (non-hydrogen) atoms. The number of thiophene rings is 1. The number of aromatic nitrogens is 3. The lowest BCUT2D eigenvalue weighted by atomic mass is 10.3. The number of nitrogens with zero attached hydrogens (tertiary/aromatic N) is 3. The Morgan fingerprint density at radius 3 is 2.47 bits per heavy atom. The van der Waals surface area contributed by atoms with Gasteiger partial charge >= 0.3 is 0 Å². The van der Waals surface area contributed by atoms with Gasteiger partial charge in [-0.2, -0.15) is 0 Å². The van der Waals surface area contributed by atoms with Crippen molar-refractivity contribution in [3.05, 3.63) is 14.7 Å². The van der Waals surface area contributed by atoms with Crippen LogP contribution in [0.4, 0.5) is 0 Å². The minimum atomic E-state index is -3.94. The van der Waals surface area contributed by atoms with E-state index in [0.717, 1.165) is 12.8 Å². The Bertz CT molecular complexity index is 749. The normalized spacial score (nSPS) is 15.9. The molecule has 0 spiro atoms. The van der Waals surface area contributed by atoms with Gasteiger partial charge in [0.05, 0.1) is 9.90 Å². The Morgan fingerprint density at radius 1 is 1.32 bits per heavy atom. The van der Waals surface area contributed by atoms with Crippen LogP contribution in [0.2, 0.25) is 8.67 Å². The summed E-state index contributed by atoms with van der Waals surface area (Å²) >= 11 is 13.2. The van der Waals surface area contributed by atoms with Gasteiger partial charge in [0.25, 0.3) is 14.2 Å². The van der Waals surface area contributed by atoms with Gasteiger partial charge in [-0.3, -0.25) is 4.57 Å². The molecule has 1 saturated carbocycles. The minimum absolute atomic E-state index is 0.0447. The molecule has 0 unspecified atom stereocenters. The molecule has 0 aliphatic heterocycles. The largest absolute Gasteiger partial charge is 0.296 e. The van der Waals surface area contributed by atoms with Crippen LogP contribution in [-0.2, 0) is 9.05 Å². The van der Waals surface area contributed by atoms with E-state index in [9.17, 15) is 8.42 Å². The topological polar surface area (TPSA) is 64.8 Å². The van der Waals surface area contributed by atoms with Crippen molar-refractivity contribution in [2.45, 2.75) is 24.0 Å². The summed E-state index contributed by atoms with van der Waals surface area (Å²) in [5.74, 6) is 0.384. The van der Waals surface area contributed by atoms with Crippen LogP contribution in [0.5, 0.6) is 0 Å².